The van der Waals surface area contributed by atoms with E-state index in [4.69, 9.17) is 0 Å². The zero-order chi connectivity index (χ0) is 16.8. The van der Waals surface area contributed by atoms with E-state index in [0.29, 0.717) is 12.5 Å². The van der Waals surface area contributed by atoms with Gasteiger partial charge in [0.25, 0.3) is 0 Å². The van der Waals surface area contributed by atoms with Crippen molar-refractivity contribution in [1.29, 1.82) is 0 Å². The van der Waals surface area contributed by atoms with Crippen LogP contribution in [0.2, 0.25) is 0 Å². The summed E-state index contributed by atoms with van der Waals surface area (Å²) in [6, 6.07) is 0. The highest BCUT2D eigenvalue weighted by Gasteiger charge is 2.22. The number of hydrogen-bond donors (Lipinski definition) is 1. The zero-order valence-electron chi connectivity index (χ0n) is 14.7. The lowest BCUT2D eigenvalue weighted by atomic mass is 9.89. The SMILES string of the molecule is CCc1nsc(N2CCN(CC(=O)NCC3CCCCC3)CC2)n1. The van der Waals surface area contributed by atoms with E-state index in [1.807, 2.05) is 0 Å². The van der Waals surface area contributed by atoms with Gasteiger partial charge in [0.1, 0.15) is 5.82 Å². The van der Waals surface area contributed by atoms with E-state index in [-0.39, 0.29) is 5.91 Å². The lowest BCUT2D eigenvalue weighted by Crippen LogP contribution is -2.49. The number of anilines is 1. The second kappa shape index (κ2) is 8.76. The van der Waals surface area contributed by atoms with Crippen LogP contribution >= 0.6 is 11.5 Å². The van der Waals surface area contributed by atoms with E-state index < -0.39 is 0 Å². The Bertz CT molecular complexity index is 521. The van der Waals surface area contributed by atoms with Crippen molar-refractivity contribution in [1.82, 2.24) is 19.6 Å². The van der Waals surface area contributed by atoms with Gasteiger partial charge in [-0.1, -0.05) is 26.2 Å². The van der Waals surface area contributed by atoms with E-state index in [2.05, 4.69) is 31.4 Å². The molecule has 2 heterocycles. The average molecular weight is 352 g/mol. The normalized spacial score (nSPS) is 20.3. The first kappa shape index (κ1) is 17.6. The molecule has 0 aromatic carbocycles. The molecule has 2 aliphatic rings. The van der Waals surface area contributed by atoms with Crippen molar-refractivity contribution in [3.63, 3.8) is 0 Å². The monoisotopic (exact) mass is 351 g/mol. The molecule has 1 N–H and O–H groups in total. The van der Waals surface area contributed by atoms with E-state index >= 15 is 0 Å². The number of rotatable bonds is 6. The van der Waals surface area contributed by atoms with Crippen LogP contribution in [0.3, 0.4) is 0 Å². The van der Waals surface area contributed by atoms with Gasteiger partial charge in [0.05, 0.1) is 6.54 Å². The third kappa shape index (κ3) is 4.89. The van der Waals surface area contributed by atoms with Crippen molar-refractivity contribution >= 4 is 22.6 Å². The molecule has 6 nitrogen and oxygen atoms in total. The van der Waals surface area contributed by atoms with E-state index in [0.717, 1.165) is 50.1 Å². The van der Waals surface area contributed by atoms with Crippen molar-refractivity contribution in [3.05, 3.63) is 5.82 Å². The summed E-state index contributed by atoms with van der Waals surface area (Å²) in [5, 5.41) is 4.16. The maximum Gasteiger partial charge on any atom is 0.234 e. The zero-order valence-corrected chi connectivity index (χ0v) is 15.5. The van der Waals surface area contributed by atoms with Crippen LogP contribution in [0.15, 0.2) is 0 Å². The highest BCUT2D eigenvalue weighted by atomic mass is 32.1. The standard InChI is InChI=1S/C17H29N5OS/c1-2-15-19-17(24-20-15)22-10-8-21(9-11-22)13-16(23)18-12-14-6-4-3-5-7-14/h14H,2-13H2,1H3,(H,18,23). The second-order valence-corrected chi connectivity index (χ2v) is 7.65. The van der Waals surface area contributed by atoms with Gasteiger partial charge in [-0.25, -0.2) is 4.98 Å². The number of carbonyl (C=O) groups excluding carboxylic acids is 1. The summed E-state index contributed by atoms with van der Waals surface area (Å²) < 4.78 is 4.36. The molecule has 2 fully saturated rings. The molecule has 24 heavy (non-hydrogen) atoms. The minimum atomic E-state index is 0.179. The molecule has 1 amide bonds. The fourth-order valence-electron chi connectivity index (χ4n) is 3.52. The summed E-state index contributed by atoms with van der Waals surface area (Å²) in [5.41, 5.74) is 0. The van der Waals surface area contributed by atoms with E-state index in [9.17, 15) is 4.79 Å². The number of aromatic nitrogens is 2. The Morgan fingerprint density at radius 3 is 2.62 bits per heavy atom. The quantitative estimate of drug-likeness (QED) is 0.848. The molecule has 1 saturated carbocycles. The minimum Gasteiger partial charge on any atom is -0.355 e. The number of piperazine rings is 1. The fraction of sp³-hybridized carbons (Fsp3) is 0.824. The van der Waals surface area contributed by atoms with Crippen LogP contribution in [0.4, 0.5) is 5.13 Å². The largest absolute Gasteiger partial charge is 0.355 e. The Hall–Kier alpha value is -1.21. The molecule has 1 saturated heterocycles. The molecule has 1 aliphatic heterocycles. The molecule has 1 aromatic heterocycles. The van der Waals surface area contributed by atoms with Crippen molar-refractivity contribution in [2.75, 3.05) is 44.2 Å². The Morgan fingerprint density at radius 1 is 1.21 bits per heavy atom. The molecule has 0 atom stereocenters. The van der Waals surface area contributed by atoms with Gasteiger partial charge in [0.15, 0.2) is 0 Å². The number of nitrogens with zero attached hydrogens (tertiary/aromatic N) is 4. The number of carbonyl (C=O) groups is 1. The summed E-state index contributed by atoms with van der Waals surface area (Å²) in [5.74, 6) is 1.81. The summed E-state index contributed by atoms with van der Waals surface area (Å²) in [6.45, 7) is 7.15. The van der Waals surface area contributed by atoms with E-state index in [1.54, 1.807) is 0 Å². The van der Waals surface area contributed by atoms with Gasteiger partial charge < -0.3 is 10.2 Å². The lowest BCUT2D eigenvalue weighted by molar-refractivity contribution is -0.122. The van der Waals surface area contributed by atoms with E-state index in [1.165, 1.54) is 43.6 Å². The minimum absolute atomic E-state index is 0.179. The van der Waals surface area contributed by atoms with Gasteiger partial charge in [0, 0.05) is 50.7 Å². The second-order valence-electron chi connectivity index (χ2n) is 6.92. The third-order valence-electron chi connectivity index (χ3n) is 5.10. The smallest absolute Gasteiger partial charge is 0.234 e. The third-order valence-corrected chi connectivity index (χ3v) is 5.91. The molecule has 0 spiro atoms. The van der Waals surface area contributed by atoms with Crippen molar-refractivity contribution in [2.24, 2.45) is 5.92 Å². The van der Waals surface area contributed by atoms with Crippen LogP contribution in [0, 0.1) is 5.92 Å². The Morgan fingerprint density at radius 2 is 1.96 bits per heavy atom. The van der Waals surface area contributed by atoms with Crippen molar-refractivity contribution in [2.45, 2.75) is 45.4 Å². The maximum absolute atomic E-state index is 12.2. The van der Waals surface area contributed by atoms with Crippen LogP contribution < -0.4 is 10.2 Å². The Labute approximate surface area is 148 Å². The molecule has 1 aromatic rings. The number of hydrogen-bond acceptors (Lipinski definition) is 6. The first-order valence-electron chi connectivity index (χ1n) is 9.31. The first-order valence-corrected chi connectivity index (χ1v) is 10.1. The molecule has 0 radical (unpaired) electrons. The molecule has 0 unspecified atom stereocenters. The van der Waals surface area contributed by atoms with Gasteiger partial charge in [-0.15, -0.1) is 0 Å². The topological polar surface area (TPSA) is 61.4 Å². The molecular formula is C17H29N5OS. The van der Waals surface area contributed by atoms with Gasteiger partial charge in [-0.3, -0.25) is 9.69 Å². The summed E-state index contributed by atoms with van der Waals surface area (Å²) in [4.78, 5) is 21.2. The predicted octanol–water partition coefficient (Wildman–Crippen LogP) is 1.92. The summed E-state index contributed by atoms with van der Waals surface area (Å²) in [7, 11) is 0. The average Bonchev–Trinajstić information content (AvgIpc) is 3.11. The van der Waals surface area contributed by atoms with Gasteiger partial charge in [0.2, 0.25) is 11.0 Å². The number of aryl methyl sites for hydroxylation is 1. The van der Waals surface area contributed by atoms with Crippen LogP contribution in [0.5, 0.6) is 0 Å². The Balaban J connectivity index is 1.36. The molecule has 0 bridgehead atoms. The van der Waals surface area contributed by atoms with Crippen LogP contribution in [-0.4, -0.2) is 59.4 Å². The summed E-state index contributed by atoms with van der Waals surface area (Å²) >= 11 is 1.49. The van der Waals surface area contributed by atoms with Gasteiger partial charge in [-0.2, -0.15) is 4.37 Å². The van der Waals surface area contributed by atoms with Crippen molar-refractivity contribution in [3.8, 4) is 0 Å². The first-order chi connectivity index (χ1) is 11.7. The number of amides is 1. The summed E-state index contributed by atoms with van der Waals surface area (Å²) in [6.07, 6.45) is 7.46. The molecule has 7 heteroatoms. The highest BCUT2D eigenvalue weighted by molar-refractivity contribution is 7.09. The van der Waals surface area contributed by atoms with Crippen LogP contribution in [-0.2, 0) is 11.2 Å². The molecule has 3 rings (SSSR count). The van der Waals surface area contributed by atoms with Crippen LogP contribution in [0.25, 0.3) is 0 Å². The lowest BCUT2D eigenvalue weighted by Gasteiger charge is -2.34. The van der Waals surface area contributed by atoms with Crippen molar-refractivity contribution < 1.29 is 4.79 Å². The molecule has 1 aliphatic carbocycles. The molecule has 134 valence electrons. The van der Waals surface area contributed by atoms with Gasteiger partial charge in [-0.05, 0) is 18.8 Å². The number of nitrogens with one attached hydrogen (secondary N) is 1. The molecular weight excluding hydrogens is 322 g/mol. The predicted molar refractivity (Wildman–Crippen MR) is 97.5 cm³/mol. The van der Waals surface area contributed by atoms with Gasteiger partial charge >= 0.3 is 0 Å². The fourth-order valence-corrected chi connectivity index (χ4v) is 4.32. The highest BCUT2D eigenvalue weighted by Crippen LogP contribution is 2.22. The van der Waals surface area contributed by atoms with Crippen LogP contribution in [0.1, 0.15) is 44.9 Å². The maximum atomic E-state index is 12.2. The Kier molecular flexibility index (Phi) is 6.43.